The Bertz CT molecular complexity index is 418. The summed E-state index contributed by atoms with van der Waals surface area (Å²) in [5, 5.41) is 6.54. The molecule has 1 rings (SSSR count). The lowest BCUT2D eigenvalue weighted by molar-refractivity contribution is 0.119. The first kappa shape index (κ1) is 18.3. The lowest BCUT2D eigenvalue weighted by Crippen LogP contribution is -2.38. The van der Waals surface area contributed by atoms with Crippen LogP contribution in [0.4, 0.5) is 0 Å². The monoisotopic (exact) mass is 307 g/mol. The van der Waals surface area contributed by atoms with Crippen molar-refractivity contribution in [2.75, 3.05) is 33.4 Å². The molecule has 22 heavy (non-hydrogen) atoms. The molecule has 0 radical (unpaired) electrons. The molecule has 0 aromatic heterocycles. The van der Waals surface area contributed by atoms with Gasteiger partial charge in [-0.2, -0.15) is 0 Å². The van der Waals surface area contributed by atoms with Crippen molar-refractivity contribution >= 4 is 5.96 Å². The summed E-state index contributed by atoms with van der Waals surface area (Å²) in [7, 11) is 1.67. The summed E-state index contributed by atoms with van der Waals surface area (Å²) in [6.07, 6.45) is 2.01. The van der Waals surface area contributed by atoms with Crippen LogP contribution >= 0.6 is 0 Å². The van der Waals surface area contributed by atoms with Gasteiger partial charge in [-0.25, -0.2) is 0 Å². The van der Waals surface area contributed by atoms with E-state index in [0.29, 0.717) is 6.61 Å². The van der Waals surface area contributed by atoms with Crippen LogP contribution < -0.4 is 15.4 Å². The van der Waals surface area contributed by atoms with E-state index in [9.17, 15) is 0 Å². The average molecular weight is 307 g/mol. The zero-order chi connectivity index (χ0) is 16.0. The molecule has 1 aromatic rings. The van der Waals surface area contributed by atoms with Crippen molar-refractivity contribution in [3.05, 3.63) is 29.8 Å². The second-order valence-corrected chi connectivity index (χ2v) is 4.94. The highest BCUT2D eigenvalue weighted by Gasteiger charge is 1.97. The Morgan fingerprint density at radius 3 is 2.55 bits per heavy atom. The molecule has 0 aliphatic heterocycles. The highest BCUT2D eigenvalue weighted by Crippen LogP contribution is 2.11. The van der Waals surface area contributed by atoms with Crippen LogP contribution in [0, 0.1) is 0 Å². The standard InChI is InChI=1S/C17H29N3O2/c1-4-11-19-17(18-5-2)20-12-6-13-22-14-15-7-9-16(21-3)10-8-15/h7-10H,4-6,11-14H2,1-3H3,(H2,18,19,20). The highest BCUT2D eigenvalue weighted by molar-refractivity contribution is 5.79. The summed E-state index contributed by atoms with van der Waals surface area (Å²) in [5.74, 6) is 1.76. The summed E-state index contributed by atoms with van der Waals surface area (Å²) in [5.41, 5.74) is 1.16. The smallest absolute Gasteiger partial charge is 0.191 e. The van der Waals surface area contributed by atoms with Crippen molar-refractivity contribution in [2.45, 2.75) is 33.3 Å². The molecule has 0 aliphatic carbocycles. The minimum atomic E-state index is 0.633. The van der Waals surface area contributed by atoms with Crippen LogP contribution in [0.15, 0.2) is 29.3 Å². The van der Waals surface area contributed by atoms with Crippen LogP contribution in [0.5, 0.6) is 5.75 Å². The maximum atomic E-state index is 5.68. The number of ether oxygens (including phenoxy) is 2. The molecule has 0 fully saturated rings. The Morgan fingerprint density at radius 2 is 1.91 bits per heavy atom. The Hall–Kier alpha value is -1.75. The van der Waals surface area contributed by atoms with Crippen molar-refractivity contribution < 1.29 is 9.47 Å². The molecule has 2 N–H and O–H groups in total. The first-order chi connectivity index (χ1) is 10.8. The van der Waals surface area contributed by atoms with Gasteiger partial charge in [0.1, 0.15) is 5.75 Å². The average Bonchev–Trinajstić information content (AvgIpc) is 2.56. The fourth-order valence-electron chi connectivity index (χ4n) is 1.86. The van der Waals surface area contributed by atoms with Gasteiger partial charge in [0.25, 0.3) is 0 Å². The van der Waals surface area contributed by atoms with Crippen LogP contribution in [-0.2, 0) is 11.3 Å². The topological polar surface area (TPSA) is 54.9 Å². The van der Waals surface area contributed by atoms with E-state index in [0.717, 1.165) is 56.4 Å². The SMILES string of the molecule is CCCN=C(NCC)NCCCOCc1ccc(OC)cc1. The molecule has 0 saturated carbocycles. The Balaban J connectivity index is 2.13. The number of hydrogen-bond donors (Lipinski definition) is 2. The summed E-state index contributed by atoms with van der Waals surface area (Å²) < 4.78 is 10.8. The zero-order valence-electron chi connectivity index (χ0n) is 14.0. The van der Waals surface area contributed by atoms with Gasteiger partial charge in [-0.1, -0.05) is 19.1 Å². The van der Waals surface area contributed by atoms with Crippen LogP contribution in [0.1, 0.15) is 32.3 Å². The second kappa shape index (κ2) is 11.9. The Labute approximate surface area is 134 Å². The molecule has 124 valence electrons. The fourth-order valence-corrected chi connectivity index (χ4v) is 1.86. The number of guanidine groups is 1. The van der Waals surface area contributed by atoms with E-state index < -0.39 is 0 Å². The third-order valence-electron chi connectivity index (χ3n) is 3.02. The molecular weight excluding hydrogens is 278 g/mol. The van der Waals surface area contributed by atoms with Crippen molar-refractivity contribution in [3.63, 3.8) is 0 Å². The maximum Gasteiger partial charge on any atom is 0.191 e. The lowest BCUT2D eigenvalue weighted by atomic mass is 10.2. The van der Waals surface area contributed by atoms with Gasteiger partial charge >= 0.3 is 0 Å². The van der Waals surface area contributed by atoms with E-state index in [1.165, 1.54) is 0 Å². The summed E-state index contributed by atoms with van der Waals surface area (Å²) >= 11 is 0. The van der Waals surface area contributed by atoms with Crippen LogP contribution in [0.3, 0.4) is 0 Å². The molecule has 0 unspecified atom stereocenters. The van der Waals surface area contributed by atoms with Gasteiger partial charge in [-0.15, -0.1) is 0 Å². The van der Waals surface area contributed by atoms with E-state index in [1.54, 1.807) is 7.11 Å². The molecule has 1 aromatic carbocycles. The highest BCUT2D eigenvalue weighted by atomic mass is 16.5. The van der Waals surface area contributed by atoms with Crippen LogP contribution in [-0.4, -0.2) is 39.3 Å². The predicted molar refractivity (Wildman–Crippen MR) is 91.5 cm³/mol. The van der Waals surface area contributed by atoms with Gasteiger partial charge in [0.15, 0.2) is 5.96 Å². The third kappa shape index (κ3) is 7.88. The predicted octanol–water partition coefficient (Wildman–Crippen LogP) is 2.57. The number of nitrogens with one attached hydrogen (secondary N) is 2. The molecule has 0 atom stereocenters. The molecule has 0 saturated heterocycles. The summed E-state index contributed by atoms with van der Waals surface area (Å²) in [6, 6.07) is 7.95. The number of aliphatic imine (C=N–C) groups is 1. The third-order valence-corrected chi connectivity index (χ3v) is 3.02. The summed E-state index contributed by atoms with van der Waals surface area (Å²) in [6.45, 7) is 8.15. The van der Waals surface area contributed by atoms with Crippen LogP contribution in [0.25, 0.3) is 0 Å². The molecule has 0 bridgehead atoms. The van der Waals surface area contributed by atoms with Gasteiger partial charge in [-0.3, -0.25) is 4.99 Å². The van der Waals surface area contributed by atoms with E-state index in [-0.39, 0.29) is 0 Å². The summed E-state index contributed by atoms with van der Waals surface area (Å²) in [4.78, 5) is 4.46. The van der Waals surface area contributed by atoms with Crippen LogP contribution in [0.2, 0.25) is 0 Å². The van der Waals surface area contributed by atoms with Gasteiger partial charge in [-0.05, 0) is 37.5 Å². The Kier molecular flexibility index (Phi) is 9.87. The van der Waals surface area contributed by atoms with Crippen molar-refractivity contribution in [3.8, 4) is 5.75 Å². The van der Waals surface area contributed by atoms with E-state index in [1.807, 2.05) is 24.3 Å². The quantitative estimate of drug-likeness (QED) is 0.396. The Morgan fingerprint density at radius 1 is 1.14 bits per heavy atom. The first-order valence-corrected chi connectivity index (χ1v) is 8.03. The molecule has 5 nitrogen and oxygen atoms in total. The zero-order valence-corrected chi connectivity index (χ0v) is 14.0. The molecular formula is C17H29N3O2. The van der Waals surface area contributed by atoms with Gasteiger partial charge in [0.2, 0.25) is 0 Å². The molecule has 0 spiro atoms. The van der Waals surface area contributed by atoms with E-state index in [2.05, 4.69) is 29.5 Å². The molecule has 5 heteroatoms. The van der Waals surface area contributed by atoms with Gasteiger partial charge < -0.3 is 20.1 Å². The van der Waals surface area contributed by atoms with E-state index in [4.69, 9.17) is 9.47 Å². The minimum Gasteiger partial charge on any atom is -0.497 e. The minimum absolute atomic E-state index is 0.633. The molecule has 0 aliphatic rings. The maximum absolute atomic E-state index is 5.68. The number of benzene rings is 1. The van der Waals surface area contributed by atoms with Gasteiger partial charge in [0, 0.05) is 26.2 Å². The number of methoxy groups -OCH3 is 1. The van der Waals surface area contributed by atoms with Gasteiger partial charge in [0.05, 0.1) is 13.7 Å². The van der Waals surface area contributed by atoms with Crippen molar-refractivity contribution in [2.24, 2.45) is 4.99 Å². The number of hydrogen-bond acceptors (Lipinski definition) is 3. The number of rotatable bonds is 10. The normalized spacial score (nSPS) is 11.3. The molecule has 0 heterocycles. The van der Waals surface area contributed by atoms with Crippen molar-refractivity contribution in [1.29, 1.82) is 0 Å². The first-order valence-electron chi connectivity index (χ1n) is 8.03. The van der Waals surface area contributed by atoms with Crippen molar-refractivity contribution in [1.82, 2.24) is 10.6 Å². The fraction of sp³-hybridized carbons (Fsp3) is 0.588. The van der Waals surface area contributed by atoms with E-state index >= 15 is 0 Å². The largest absolute Gasteiger partial charge is 0.497 e. The number of nitrogens with zero attached hydrogens (tertiary/aromatic N) is 1. The second-order valence-electron chi connectivity index (χ2n) is 4.94. The molecule has 0 amide bonds. The lowest BCUT2D eigenvalue weighted by Gasteiger charge is -2.11.